The van der Waals surface area contributed by atoms with Crippen LogP contribution in [-0.2, 0) is 4.74 Å². The van der Waals surface area contributed by atoms with E-state index in [0.717, 1.165) is 10.9 Å². The Labute approximate surface area is 100 Å². The maximum absolute atomic E-state index is 12.3. The van der Waals surface area contributed by atoms with Gasteiger partial charge in [-0.05, 0) is 23.8 Å². The maximum atomic E-state index is 12.3. The normalized spacial score (nSPS) is 17.7. The lowest BCUT2D eigenvalue weighted by Gasteiger charge is -2.36. The van der Waals surface area contributed by atoms with E-state index >= 15 is 0 Å². The number of benzene rings is 2. The van der Waals surface area contributed by atoms with Crippen molar-refractivity contribution in [1.29, 1.82) is 0 Å². The quantitative estimate of drug-likeness (QED) is 0.736. The van der Waals surface area contributed by atoms with E-state index in [1.165, 1.54) is 5.39 Å². The van der Waals surface area contributed by atoms with Crippen LogP contribution in [0.25, 0.3) is 10.8 Å². The zero-order valence-corrected chi connectivity index (χ0v) is 9.77. The molecular weight excluding hydrogens is 212 g/mol. The summed E-state index contributed by atoms with van der Waals surface area (Å²) in [4.78, 5) is 12.3. The molecule has 0 aromatic heterocycles. The van der Waals surface area contributed by atoms with Crippen molar-refractivity contribution in [3.63, 3.8) is 0 Å². The van der Waals surface area contributed by atoms with Crippen molar-refractivity contribution in [2.75, 3.05) is 13.2 Å². The first-order chi connectivity index (χ1) is 8.19. The molecule has 0 saturated carbocycles. The van der Waals surface area contributed by atoms with Gasteiger partial charge in [0.1, 0.15) is 0 Å². The third kappa shape index (κ3) is 1.65. The average molecular weight is 226 g/mol. The average Bonchev–Trinajstić information content (AvgIpc) is 2.34. The number of hydrogen-bond acceptors (Lipinski definition) is 2. The first-order valence-electron chi connectivity index (χ1n) is 5.80. The van der Waals surface area contributed by atoms with Crippen LogP contribution in [0, 0.1) is 5.41 Å². The third-order valence-electron chi connectivity index (χ3n) is 3.40. The summed E-state index contributed by atoms with van der Waals surface area (Å²) in [5, 5.41) is 2.28. The summed E-state index contributed by atoms with van der Waals surface area (Å²) in [5.41, 5.74) is 0.470. The lowest BCUT2D eigenvalue weighted by Crippen LogP contribution is -2.46. The van der Waals surface area contributed by atoms with Crippen molar-refractivity contribution in [3.8, 4) is 0 Å². The van der Waals surface area contributed by atoms with E-state index in [0.29, 0.717) is 13.2 Å². The molecule has 1 aliphatic heterocycles. The van der Waals surface area contributed by atoms with Gasteiger partial charge in [0.15, 0.2) is 5.78 Å². The lowest BCUT2D eigenvalue weighted by molar-refractivity contribution is -0.0767. The Morgan fingerprint density at radius 1 is 1.12 bits per heavy atom. The number of carbonyl (C=O) groups excluding carboxylic acids is 1. The number of fused-ring (bicyclic) bond motifs is 1. The Bertz CT molecular complexity index is 582. The Kier molecular flexibility index (Phi) is 2.26. The standard InChI is InChI=1S/C15H14O2/c1-15(9-17-10-15)14(16)13-7-6-11-4-2-3-5-12(11)8-13/h2-8H,9-10H2,1H3. The molecule has 0 spiro atoms. The summed E-state index contributed by atoms with van der Waals surface area (Å²) in [6.45, 7) is 3.05. The predicted molar refractivity (Wildman–Crippen MR) is 67.2 cm³/mol. The van der Waals surface area contributed by atoms with Crippen molar-refractivity contribution in [2.24, 2.45) is 5.41 Å². The Morgan fingerprint density at radius 2 is 1.82 bits per heavy atom. The second-order valence-corrected chi connectivity index (χ2v) is 4.94. The van der Waals surface area contributed by atoms with Gasteiger partial charge in [-0.15, -0.1) is 0 Å². The van der Waals surface area contributed by atoms with Crippen molar-refractivity contribution in [1.82, 2.24) is 0 Å². The van der Waals surface area contributed by atoms with Gasteiger partial charge < -0.3 is 4.74 Å². The zero-order valence-electron chi connectivity index (χ0n) is 9.77. The molecule has 1 heterocycles. The number of hydrogen-bond donors (Lipinski definition) is 0. The molecule has 2 nitrogen and oxygen atoms in total. The minimum Gasteiger partial charge on any atom is -0.379 e. The topological polar surface area (TPSA) is 26.3 Å². The number of ketones is 1. The molecule has 1 fully saturated rings. The first-order valence-corrected chi connectivity index (χ1v) is 5.80. The van der Waals surface area contributed by atoms with Crippen LogP contribution in [0.5, 0.6) is 0 Å². The van der Waals surface area contributed by atoms with Crippen LogP contribution in [0.15, 0.2) is 42.5 Å². The Balaban J connectivity index is 2.03. The van der Waals surface area contributed by atoms with Gasteiger partial charge in [0.25, 0.3) is 0 Å². The lowest BCUT2D eigenvalue weighted by atomic mass is 9.80. The summed E-state index contributed by atoms with van der Waals surface area (Å²) in [7, 11) is 0. The molecule has 86 valence electrons. The van der Waals surface area contributed by atoms with Gasteiger partial charge in [-0.2, -0.15) is 0 Å². The minimum atomic E-state index is -0.317. The predicted octanol–water partition coefficient (Wildman–Crippen LogP) is 3.06. The summed E-state index contributed by atoms with van der Waals surface area (Å²) in [6, 6.07) is 14.0. The zero-order chi connectivity index (χ0) is 11.9. The molecule has 2 aromatic rings. The highest BCUT2D eigenvalue weighted by Crippen LogP contribution is 2.31. The molecule has 0 unspecified atom stereocenters. The highest BCUT2D eigenvalue weighted by Gasteiger charge is 2.41. The molecule has 17 heavy (non-hydrogen) atoms. The van der Waals surface area contributed by atoms with Crippen LogP contribution in [0.4, 0.5) is 0 Å². The van der Waals surface area contributed by atoms with Gasteiger partial charge in [0, 0.05) is 5.56 Å². The first kappa shape index (κ1) is 10.5. The van der Waals surface area contributed by atoms with Crippen LogP contribution in [-0.4, -0.2) is 19.0 Å². The largest absolute Gasteiger partial charge is 0.379 e. The molecule has 2 aromatic carbocycles. The van der Waals surface area contributed by atoms with E-state index in [-0.39, 0.29) is 11.2 Å². The SMILES string of the molecule is CC1(C(=O)c2ccc3ccccc3c2)COC1. The number of ether oxygens (including phenoxy) is 1. The van der Waals surface area contributed by atoms with Crippen molar-refractivity contribution in [2.45, 2.75) is 6.92 Å². The molecule has 0 aliphatic carbocycles. The third-order valence-corrected chi connectivity index (χ3v) is 3.40. The van der Waals surface area contributed by atoms with E-state index < -0.39 is 0 Å². The van der Waals surface area contributed by atoms with Crippen molar-refractivity contribution in [3.05, 3.63) is 48.0 Å². The van der Waals surface area contributed by atoms with E-state index in [1.807, 2.05) is 43.3 Å². The fourth-order valence-electron chi connectivity index (χ4n) is 2.22. The van der Waals surface area contributed by atoms with Gasteiger partial charge in [-0.1, -0.05) is 36.4 Å². The second-order valence-electron chi connectivity index (χ2n) is 4.94. The summed E-state index contributed by atoms with van der Waals surface area (Å²) in [5.74, 6) is 0.189. The molecular formula is C15H14O2. The van der Waals surface area contributed by atoms with Crippen LogP contribution < -0.4 is 0 Å². The molecule has 0 amide bonds. The maximum Gasteiger partial charge on any atom is 0.173 e. The Morgan fingerprint density at radius 3 is 2.47 bits per heavy atom. The smallest absolute Gasteiger partial charge is 0.173 e. The fraction of sp³-hybridized carbons (Fsp3) is 0.267. The fourth-order valence-corrected chi connectivity index (χ4v) is 2.22. The Hall–Kier alpha value is -1.67. The molecule has 0 atom stereocenters. The van der Waals surface area contributed by atoms with Crippen LogP contribution in [0.3, 0.4) is 0 Å². The molecule has 0 radical (unpaired) electrons. The van der Waals surface area contributed by atoms with E-state index in [1.54, 1.807) is 0 Å². The number of rotatable bonds is 2. The highest BCUT2D eigenvalue weighted by atomic mass is 16.5. The van der Waals surface area contributed by atoms with E-state index in [2.05, 4.69) is 6.07 Å². The highest BCUT2D eigenvalue weighted by molar-refractivity contribution is 6.03. The summed E-state index contributed by atoms with van der Waals surface area (Å²) in [6.07, 6.45) is 0. The molecule has 1 aliphatic rings. The van der Waals surface area contributed by atoms with Gasteiger partial charge in [0.2, 0.25) is 0 Å². The van der Waals surface area contributed by atoms with Gasteiger partial charge in [-0.25, -0.2) is 0 Å². The van der Waals surface area contributed by atoms with Crippen LogP contribution >= 0.6 is 0 Å². The van der Waals surface area contributed by atoms with Crippen LogP contribution in [0.1, 0.15) is 17.3 Å². The van der Waals surface area contributed by atoms with Crippen molar-refractivity contribution >= 4 is 16.6 Å². The van der Waals surface area contributed by atoms with Crippen molar-refractivity contribution < 1.29 is 9.53 Å². The molecule has 1 saturated heterocycles. The van der Waals surface area contributed by atoms with Crippen LogP contribution in [0.2, 0.25) is 0 Å². The molecule has 0 bridgehead atoms. The molecule has 0 N–H and O–H groups in total. The van der Waals surface area contributed by atoms with E-state index in [9.17, 15) is 4.79 Å². The van der Waals surface area contributed by atoms with Gasteiger partial charge in [-0.3, -0.25) is 4.79 Å². The second kappa shape index (κ2) is 3.67. The summed E-state index contributed by atoms with van der Waals surface area (Å²) >= 11 is 0. The molecule has 3 rings (SSSR count). The van der Waals surface area contributed by atoms with E-state index in [4.69, 9.17) is 4.74 Å². The monoisotopic (exact) mass is 226 g/mol. The van der Waals surface area contributed by atoms with Gasteiger partial charge in [0.05, 0.1) is 18.6 Å². The summed E-state index contributed by atoms with van der Waals surface area (Å²) < 4.78 is 5.15. The number of Topliss-reactive ketones (excluding diaryl/α,β-unsaturated/α-hetero) is 1. The minimum absolute atomic E-state index is 0.189. The van der Waals surface area contributed by atoms with Gasteiger partial charge >= 0.3 is 0 Å². The number of carbonyl (C=O) groups is 1. The molecule has 2 heteroatoms.